The van der Waals surface area contributed by atoms with Crippen molar-refractivity contribution in [1.29, 1.82) is 0 Å². The van der Waals surface area contributed by atoms with Gasteiger partial charge in [-0.05, 0) is 43.6 Å². The molecule has 0 aromatic heterocycles. The Bertz CT molecular complexity index is 243. The number of nitrogens with one attached hydrogen (secondary N) is 1. The van der Waals surface area contributed by atoms with Crippen molar-refractivity contribution >= 4 is 0 Å². The summed E-state index contributed by atoms with van der Waals surface area (Å²) < 4.78 is 0. The third kappa shape index (κ3) is 3.96. The Kier molecular flexibility index (Phi) is 4.14. The SMILES string of the molecule is CC(C)C1CCCN1CC(C)(C)CNC1CC1. The van der Waals surface area contributed by atoms with Gasteiger partial charge in [-0.3, -0.25) is 4.90 Å². The van der Waals surface area contributed by atoms with E-state index >= 15 is 0 Å². The Balaban J connectivity index is 1.80. The molecule has 1 saturated carbocycles. The molecule has 1 heterocycles. The number of rotatable bonds is 6. The van der Waals surface area contributed by atoms with Gasteiger partial charge in [-0.15, -0.1) is 0 Å². The van der Waals surface area contributed by atoms with Gasteiger partial charge in [-0.1, -0.05) is 27.7 Å². The molecule has 2 rings (SSSR count). The topological polar surface area (TPSA) is 15.3 Å². The van der Waals surface area contributed by atoms with Crippen LogP contribution in [0.2, 0.25) is 0 Å². The molecule has 2 aliphatic rings. The Morgan fingerprint density at radius 3 is 2.53 bits per heavy atom. The van der Waals surface area contributed by atoms with Crippen LogP contribution >= 0.6 is 0 Å². The second kappa shape index (κ2) is 5.27. The van der Waals surface area contributed by atoms with Gasteiger partial charge in [0.2, 0.25) is 0 Å². The minimum absolute atomic E-state index is 0.417. The Labute approximate surface area is 107 Å². The molecule has 1 saturated heterocycles. The van der Waals surface area contributed by atoms with Crippen molar-refractivity contribution in [2.45, 2.75) is 65.5 Å². The normalized spacial score (nSPS) is 27.0. The van der Waals surface area contributed by atoms with E-state index in [9.17, 15) is 0 Å². The summed E-state index contributed by atoms with van der Waals surface area (Å²) in [6, 6.07) is 1.67. The zero-order valence-electron chi connectivity index (χ0n) is 12.1. The van der Waals surface area contributed by atoms with Crippen LogP contribution < -0.4 is 5.32 Å². The first-order chi connectivity index (χ1) is 7.98. The zero-order valence-corrected chi connectivity index (χ0v) is 12.1. The molecular formula is C15H30N2. The van der Waals surface area contributed by atoms with Crippen molar-refractivity contribution in [3.63, 3.8) is 0 Å². The van der Waals surface area contributed by atoms with Crippen LogP contribution in [0.1, 0.15) is 53.4 Å². The van der Waals surface area contributed by atoms with Crippen molar-refractivity contribution in [2.24, 2.45) is 11.3 Å². The summed E-state index contributed by atoms with van der Waals surface area (Å²) in [5.74, 6) is 0.810. The summed E-state index contributed by atoms with van der Waals surface area (Å²) in [5.41, 5.74) is 0.417. The molecule has 0 bridgehead atoms. The standard InChI is InChI=1S/C15H30N2/c1-12(2)14-6-5-9-17(14)11-15(3,4)10-16-13-7-8-13/h12-14,16H,5-11H2,1-4H3. The summed E-state index contributed by atoms with van der Waals surface area (Å²) in [6.07, 6.45) is 5.60. The molecule has 0 aromatic carbocycles. The van der Waals surface area contributed by atoms with Gasteiger partial charge in [0.1, 0.15) is 0 Å². The summed E-state index contributed by atoms with van der Waals surface area (Å²) in [4.78, 5) is 2.74. The lowest BCUT2D eigenvalue weighted by atomic mass is 9.91. The lowest BCUT2D eigenvalue weighted by molar-refractivity contribution is 0.137. The third-order valence-corrected chi connectivity index (χ3v) is 4.26. The highest BCUT2D eigenvalue weighted by molar-refractivity contribution is 4.88. The van der Waals surface area contributed by atoms with Gasteiger partial charge >= 0.3 is 0 Å². The Morgan fingerprint density at radius 2 is 1.94 bits per heavy atom. The molecular weight excluding hydrogens is 208 g/mol. The molecule has 1 N–H and O–H groups in total. The summed E-state index contributed by atoms with van der Waals surface area (Å²) in [5, 5.41) is 3.69. The Morgan fingerprint density at radius 1 is 1.24 bits per heavy atom. The lowest BCUT2D eigenvalue weighted by Crippen LogP contribution is -2.44. The number of hydrogen-bond donors (Lipinski definition) is 1. The van der Waals surface area contributed by atoms with Crippen molar-refractivity contribution in [2.75, 3.05) is 19.6 Å². The molecule has 0 spiro atoms. The summed E-state index contributed by atoms with van der Waals surface area (Å²) in [6.45, 7) is 13.3. The van der Waals surface area contributed by atoms with Gasteiger partial charge in [0.25, 0.3) is 0 Å². The van der Waals surface area contributed by atoms with Crippen molar-refractivity contribution < 1.29 is 0 Å². The molecule has 0 amide bonds. The third-order valence-electron chi connectivity index (χ3n) is 4.26. The Hall–Kier alpha value is -0.0800. The monoisotopic (exact) mass is 238 g/mol. The highest BCUT2D eigenvalue weighted by Gasteiger charge is 2.32. The molecule has 17 heavy (non-hydrogen) atoms. The average Bonchev–Trinajstić information content (AvgIpc) is 2.95. The first kappa shape index (κ1) is 13.4. The fourth-order valence-corrected chi connectivity index (χ4v) is 3.12. The second-order valence-corrected chi connectivity index (χ2v) is 7.24. The molecule has 2 fully saturated rings. The van der Waals surface area contributed by atoms with E-state index < -0.39 is 0 Å². The number of hydrogen-bond acceptors (Lipinski definition) is 2. The van der Waals surface area contributed by atoms with Crippen LogP contribution in [0.5, 0.6) is 0 Å². The molecule has 100 valence electrons. The number of likely N-dealkylation sites (tertiary alicyclic amines) is 1. The fourth-order valence-electron chi connectivity index (χ4n) is 3.12. The van der Waals surface area contributed by atoms with E-state index in [4.69, 9.17) is 0 Å². The molecule has 0 aromatic rings. The first-order valence-corrected chi connectivity index (χ1v) is 7.45. The van der Waals surface area contributed by atoms with Crippen LogP contribution in [0, 0.1) is 11.3 Å². The minimum atomic E-state index is 0.417. The summed E-state index contributed by atoms with van der Waals surface area (Å²) >= 11 is 0. The maximum atomic E-state index is 3.69. The molecule has 2 nitrogen and oxygen atoms in total. The van der Waals surface area contributed by atoms with E-state index in [1.54, 1.807) is 0 Å². The van der Waals surface area contributed by atoms with Gasteiger partial charge in [-0.25, -0.2) is 0 Å². The molecule has 0 radical (unpaired) electrons. The van der Waals surface area contributed by atoms with Crippen molar-refractivity contribution in [3.8, 4) is 0 Å². The number of nitrogens with zero attached hydrogens (tertiary/aromatic N) is 1. The van der Waals surface area contributed by atoms with Crippen molar-refractivity contribution in [1.82, 2.24) is 10.2 Å². The van der Waals surface area contributed by atoms with Gasteiger partial charge in [0.15, 0.2) is 0 Å². The van der Waals surface area contributed by atoms with Gasteiger partial charge in [-0.2, -0.15) is 0 Å². The maximum Gasteiger partial charge on any atom is 0.0119 e. The lowest BCUT2D eigenvalue weighted by Gasteiger charge is -2.35. The highest BCUT2D eigenvalue weighted by atomic mass is 15.2. The quantitative estimate of drug-likeness (QED) is 0.765. The van der Waals surface area contributed by atoms with Gasteiger partial charge in [0, 0.05) is 25.2 Å². The van der Waals surface area contributed by atoms with E-state index in [1.807, 2.05) is 0 Å². The van der Waals surface area contributed by atoms with Crippen LogP contribution in [0.25, 0.3) is 0 Å². The van der Waals surface area contributed by atoms with E-state index in [0.717, 1.165) is 18.0 Å². The molecule has 1 aliphatic heterocycles. The molecule has 1 unspecified atom stereocenters. The maximum absolute atomic E-state index is 3.69. The van der Waals surface area contributed by atoms with Gasteiger partial charge in [0.05, 0.1) is 0 Å². The first-order valence-electron chi connectivity index (χ1n) is 7.45. The molecule has 2 heteroatoms. The van der Waals surface area contributed by atoms with Crippen LogP contribution in [0.3, 0.4) is 0 Å². The van der Waals surface area contributed by atoms with Crippen molar-refractivity contribution in [3.05, 3.63) is 0 Å². The average molecular weight is 238 g/mol. The molecule has 1 aliphatic carbocycles. The predicted molar refractivity (Wildman–Crippen MR) is 74.2 cm³/mol. The van der Waals surface area contributed by atoms with Gasteiger partial charge < -0.3 is 5.32 Å². The van der Waals surface area contributed by atoms with E-state index in [2.05, 4.69) is 37.9 Å². The van der Waals surface area contributed by atoms with E-state index in [-0.39, 0.29) is 0 Å². The predicted octanol–water partition coefficient (Wildman–Crippen LogP) is 2.89. The van der Waals surface area contributed by atoms with E-state index in [1.165, 1.54) is 45.3 Å². The van der Waals surface area contributed by atoms with Crippen LogP contribution in [0.4, 0.5) is 0 Å². The second-order valence-electron chi connectivity index (χ2n) is 7.24. The fraction of sp³-hybridized carbons (Fsp3) is 1.00. The van der Waals surface area contributed by atoms with Crippen LogP contribution in [0.15, 0.2) is 0 Å². The minimum Gasteiger partial charge on any atom is -0.313 e. The molecule has 1 atom stereocenters. The van der Waals surface area contributed by atoms with E-state index in [0.29, 0.717) is 5.41 Å². The van der Waals surface area contributed by atoms with Crippen LogP contribution in [-0.2, 0) is 0 Å². The smallest absolute Gasteiger partial charge is 0.0119 e. The van der Waals surface area contributed by atoms with Crippen LogP contribution in [-0.4, -0.2) is 36.6 Å². The largest absolute Gasteiger partial charge is 0.313 e. The zero-order chi connectivity index (χ0) is 12.5. The highest BCUT2D eigenvalue weighted by Crippen LogP contribution is 2.28. The summed E-state index contributed by atoms with van der Waals surface area (Å²) in [7, 11) is 0.